The lowest BCUT2D eigenvalue weighted by Gasteiger charge is -2.31. The van der Waals surface area contributed by atoms with Gasteiger partial charge in [-0.15, -0.1) is 0 Å². The summed E-state index contributed by atoms with van der Waals surface area (Å²) in [6, 6.07) is 6.36. The van der Waals surface area contributed by atoms with Crippen molar-refractivity contribution in [2.45, 2.75) is 70.4 Å². The van der Waals surface area contributed by atoms with Crippen molar-refractivity contribution < 1.29 is 9.21 Å². The minimum atomic E-state index is -0.149. The van der Waals surface area contributed by atoms with Crippen LogP contribution in [0.1, 0.15) is 72.1 Å². The van der Waals surface area contributed by atoms with Gasteiger partial charge < -0.3 is 9.73 Å². The highest BCUT2D eigenvalue weighted by molar-refractivity contribution is 6.03. The summed E-state index contributed by atoms with van der Waals surface area (Å²) < 4.78 is 7.51. The smallest absolute Gasteiger partial charge is 0.201 e. The molecular weight excluding hydrogens is 364 g/mol. The Kier molecular flexibility index (Phi) is 4.74. The second-order valence-electron chi connectivity index (χ2n) is 8.72. The van der Waals surface area contributed by atoms with E-state index in [0.717, 1.165) is 30.0 Å². The number of hydrogen-bond donors (Lipinski definition) is 1. The zero-order valence-corrected chi connectivity index (χ0v) is 17.1. The number of nitrogens with one attached hydrogen (secondary N) is 1. The molecule has 1 saturated heterocycles. The molecule has 4 heterocycles. The number of nitrogens with zero attached hydrogens (tertiary/aromatic N) is 3. The molecule has 2 fully saturated rings. The van der Waals surface area contributed by atoms with Gasteiger partial charge in [-0.05, 0) is 76.5 Å². The molecule has 0 bridgehead atoms. The fourth-order valence-corrected chi connectivity index (χ4v) is 5.30. The van der Waals surface area contributed by atoms with Gasteiger partial charge in [0.25, 0.3) is 0 Å². The summed E-state index contributed by atoms with van der Waals surface area (Å²) in [5.41, 5.74) is 3.13. The van der Waals surface area contributed by atoms with Crippen LogP contribution < -0.4 is 5.32 Å². The molecule has 0 spiro atoms. The Morgan fingerprint density at radius 1 is 1.17 bits per heavy atom. The fraction of sp³-hybridized carbons (Fsp3) is 0.522. The summed E-state index contributed by atoms with van der Waals surface area (Å²) in [5, 5.41) is 3.64. The molecule has 1 aliphatic heterocycles. The summed E-state index contributed by atoms with van der Waals surface area (Å²) in [6.07, 6.45) is 10.1. The van der Waals surface area contributed by atoms with Crippen molar-refractivity contribution >= 4 is 11.4 Å². The van der Waals surface area contributed by atoms with Crippen molar-refractivity contribution in [2.24, 2.45) is 5.92 Å². The van der Waals surface area contributed by atoms with Gasteiger partial charge in [-0.3, -0.25) is 9.20 Å². The first kappa shape index (κ1) is 18.6. The van der Waals surface area contributed by atoms with Gasteiger partial charge in [0.1, 0.15) is 12.1 Å². The highest BCUT2D eigenvalue weighted by Gasteiger charge is 2.37. The van der Waals surface area contributed by atoms with Gasteiger partial charge in [0.15, 0.2) is 11.3 Å². The molecule has 3 aromatic rings. The Hall–Kier alpha value is -2.47. The third-order valence-corrected chi connectivity index (χ3v) is 6.84. The molecule has 29 heavy (non-hydrogen) atoms. The molecule has 5 rings (SSSR count). The minimum Gasteiger partial charge on any atom is -0.469 e. The summed E-state index contributed by atoms with van der Waals surface area (Å²) in [5.74, 6) is 2.40. The molecule has 1 N–H and O–H groups in total. The van der Waals surface area contributed by atoms with Gasteiger partial charge in [-0.2, -0.15) is 0 Å². The molecule has 1 saturated carbocycles. The molecule has 6 nitrogen and oxygen atoms in total. The van der Waals surface area contributed by atoms with Crippen molar-refractivity contribution in [3.8, 4) is 0 Å². The van der Waals surface area contributed by atoms with E-state index in [4.69, 9.17) is 4.42 Å². The van der Waals surface area contributed by atoms with Crippen LogP contribution in [0.4, 0.5) is 0 Å². The first-order valence-electron chi connectivity index (χ1n) is 10.7. The predicted octanol–water partition coefficient (Wildman–Crippen LogP) is 4.22. The number of ketones is 1. The first-order chi connectivity index (χ1) is 14.1. The van der Waals surface area contributed by atoms with Gasteiger partial charge in [-0.1, -0.05) is 0 Å². The van der Waals surface area contributed by atoms with Crippen LogP contribution in [-0.4, -0.2) is 32.2 Å². The van der Waals surface area contributed by atoms with E-state index in [1.807, 2.05) is 30.4 Å². The number of aryl methyl sites for hydroxylation is 2. The van der Waals surface area contributed by atoms with Crippen molar-refractivity contribution in [3.63, 3.8) is 0 Å². The van der Waals surface area contributed by atoms with Gasteiger partial charge in [-0.25, -0.2) is 9.97 Å². The van der Waals surface area contributed by atoms with Crippen molar-refractivity contribution in [1.82, 2.24) is 19.7 Å². The van der Waals surface area contributed by atoms with Crippen LogP contribution in [-0.2, 0) is 0 Å². The highest BCUT2D eigenvalue weighted by Crippen LogP contribution is 2.39. The number of imidazole rings is 1. The average molecular weight is 393 g/mol. The Morgan fingerprint density at radius 2 is 2.00 bits per heavy atom. The molecular formula is C23H28N4O2. The third kappa shape index (κ3) is 3.39. The van der Waals surface area contributed by atoms with E-state index in [9.17, 15) is 4.79 Å². The molecule has 6 heteroatoms. The maximum atomic E-state index is 13.2. The van der Waals surface area contributed by atoms with Crippen LogP contribution in [0.15, 0.2) is 35.2 Å². The summed E-state index contributed by atoms with van der Waals surface area (Å²) in [4.78, 5) is 22.2. The largest absolute Gasteiger partial charge is 0.469 e. The molecule has 0 aromatic carbocycles. The van der Waals surface area contributed by atoms with Gasteiger partial charge in [0.2, 0.25) is 5.78 Å². The quantitative estimate of drug-likeness (QED) is 0.673. The maximum absolute atomic E-state index is 13.2. The standard InChI is InChI=1S/C23H28N4O2/c1-14-12-15(2)27-13-24-21(23(27)25-14)22(28)19-10-9-18(26-19)16-5-7-17(8-6-16)20-4-3-11-29-20/h3-4,11-13,16-19,26H,5-10H2,1-2H3/t16?,17?,18-,19?/m0/s1. The summed E-state index contributed by atoms with van der Waals surface area (Å²) >= 11 is 0. The van der Waals surface area contributed by atoms with E-state index < -0.39 is 0 Å². The van der Waals surface area contributed by atoms with E-state index in [-0.39, 0.29) is 11.8 Å². The van der Waals surface area contributed by atoms with Gasteiger partial charge in [0, 0.05) is 23.3 Å². The Labute approximate surface area is 170 Å². The van der Waals surface area contributed by atoms with Crippen LogP contribution in [0.25, 0.3) is 5.65 Å². The Morgan fingerprint density at radius 3 is 2.76 bits per heavy atom. The molecule has 1 unspecified atom stereocenters. The topological polar surface area (TPSA) is 72.4 Å². The first-order valence-corrected chi connectivity index (χ1v) is 10.7. The van der Waals surface area contributed by atoms with Crippen LogP contribution in [0, 0.1) is 19.8 Å². The third-order valence-electron chi connectivity index (χ3n) is 6.84. The maximum Gasteiger partial charge on any atom is 0.201 e. The number of carbonyl (C=O) groups excluding carboxylic acids is 1. The Bertz CT molecular complexity index is 1020. The number of rotatable bonds is 4. The van der Waals surface area contributed by atoms with Crippen LogP contribution >= 0.6 is 0 Å². The second kappa shape index (κ2) is 7.41. The van der Waals surface area contributed by atoms with Crippen molar-refractivity contribution in [1.29, 1.82) is 0 Å². The van der Waals surface area contributed by atoms with Gasteiger partial charge in [0.05, 0.1) is 12.3 Å². The predicted molar refractivity (Wildman–Crippen MR) is 110 cm³/mol. The zero-order valence-electron chi connectivity index (χ0n) is 17.1. The van der Waals surface area contributed by atoms with E-state index in [1.165, 1.54) is 25.7 Å². The monoisotopic (exact) mass is 392 g/mol. The number of furan rings is 1. The van der Waals surface area contributed by atoms with Crippen LogP contribution in [0.2, 0.25) is 0 Å². The number of hydrogen-bond acceptors (Lipinski definition) is 5. The zero-order chi connectivity index (χ0) is 20.0. The van der Waals surface area contributed by atoms with Crippen molar-refractivity contribution in [2.75, 3.05) is 0 Å². The SMILES string of the molecule is Cc1cc(C)n2cnc(C(=O)C3CC[C@@H](C4CCC(c5ccco5)CC4)N3)c2n1. The average Bonchev–Trinajstić information content (AvgIpc) is 3.47. The highest BCUT2D eigenvalue weighted by atomic mass is 16.3. The van der Waals surface area contributed by atoms with Gasteiger partial charge >= 0.3 is 0 Å². The van der Waals surface area contributed by atoms with E-state index >= 15 is 0 Å². The normalized spacial score (nSPS) is 27.5. The number of aromatic nitrogens is 3. The van der Waals surface area contributed by atoms with Crippen LogP contribution in [0.5, 0.6) is 0 Å². The van der Waals surface area contributed by atoms with E-state index in [0.29, 0.717) is 29.2 Å². The number of fused-ring (bicyclic) bond motifs is 1. The molecule has 3 aromatic heterocycles. The van der Waals surface area contributed by atoms with E-state index in [1.54, 1.807) is 12.6 Å². The molecule has 0 amide bonds. The molecule has 1 aliphatic carbocycles. The molecule has 152 valence electrons. The molecule has 2 aliphatic rings. The van der Waals surface area contributed by atoms with Crippen molar-refractivity contribution in [3.05, 3.63) is 53.6 Å². The number of carbonyl (C=O) groups is 1. The second-order valence-corrected chi connectivity index (χ2v) is 8.72. The lowest BCUT2D eigenvalue weighted by molar-refractivity contribution is 0.0943. The Balaban J connectivity index is 1.25. The minimum absolute atomic E-state index is 0.0803. The fourth-order valence-electron chi connectivity index (χ4n) is 5.30. The molecule has 2 atom stereocenters. The summed E-state index contributed by atoms with van der Waals surface area (Å²) in [6.45, 7) is 3.97. The summed E-state index contributed by atoms with van der Waals surface area (Å²) in [7, 11) is 0. The lowest BCUT2D eigenvalue weighted by atomic mass is 9.77. The number of Topliss-reactive ketones (excluding diaryl/α,β-unsaturated/α-hetero) is 1. The molecule has 0 radical (unpaired) electrons. The lowest BCUT2D eigenvalue weighted by Crippen LogP contribution is -2.40. The van der Waals surface area contributed by atoms with E-state index in [2.05, 4.69) is 21.4 Å². The van der Waals surface area contributed by atoms with Crippen LogP contribution in [0.3, 0.4) is 0 Å².